The Hall–Kier alpha value is -8.18. The molecule has 0 atom stereocenters. The third kappa shape index (κ3) is 9.13. The predicted octanol–water partition coefficient (Wildman–Crippen LogP) is 3.79. The molecule has 0 radical (unpaired) electrons. The van der Waals surface area contributed by atoms with E-state index >= 15 is 0 Å². The van der Waals surface area contributed by atoms with Gasteiger partial charge in [0.15, 0.2) is 5.75 Å². The Balaban J connectivity index is 1.42. The minimum atomic E-state index is -4.32. The van der Waals surface area contributed by atoms with Gasteiger partial charge in [0, 0.05) is 59.6 Å². The zero-order chi connectivity index (χ0) is 38.3. The standard InChI is InChI=1S/C42H18ClN3O7S/c1-2-3-4-5-6-7-8-9-10-11-12-13-14-15-16-21-30-52-38-27-26-33(54(50,51)44-35-24-19-18-23-34(35)43)31-37(38)46-41(48)39(53-42(46)49)40(47)45-29-28-32-22-17-20-25-36(32)45/h1,17-20,22-27,31,44,48H,28-29H2. The summed E-state index contributed by atoms with van der Waals surface area (Å²) >= 11 is 6.16. The van der Waals surface area contributed by atoms with Gasteiger partial charge < -0.3 is 19.2 Å². The highest BCUT2D eigenvalue weighted by atomic mass is 35.5. The van der Waals surface area contributed by atoms with Crippen molar-refractivity contribution < 1.29 is 27.5 Å². The summed E-state index contributed by atoms with van der Waals surface area (Å²) < 4.78 is 40.5. The molecule has 1 aliphatic heterocycles. The molecule has 256 valence electrons. The lowest BCUT2D eigenvalue weighted by Gasteiger charge is -2.15. The van der Waals surface area contributed by atoms with Gasteiger partial charge >= 0.3 is 5.76 Å². The first-order valence-corrected chi connectivity index (χ1v) is 17.0. The average molecular weight is 744 g/mol. The van der Waals surface area contributed by atoms with Crippen molar-refractivity contribution >= 4 is 38.9 Å². The molecule has 2 heterocycles. The minimum Gasteiger partial charge on any atom is -0.491 e. The number of halogens is 1. The first-order valence-electron chi connectivity index (χ1n) is 15.1. The zero-order valence-corrected chi connectivity index (χ0v) is 29.0. The SMILES string of the molecule is C#CC#CC#CC#CC#CC#CC#CC#CC#COc1ccc(S(=O)(=O)Nc2ccccc2Cl)cc1-n1c(O)c(C(=O)N2CCc3ccccc32)oc1=O. The van der Waals surface area contributed by atoms with Gasteiger partial charge in [0.05, 0.1) is 15.6 Å². The number of sulfonamides is 1. The number of hydrogen-bond acceptors (Lipinski definition) is 7. The van der Waals surface area contributed by atoms with Crippen LogP contribution in [0.4, 0.5) is 11.4 Å². The molecule has 0 bridgehead atoms. The summed E-state index contributed by atoms with van der Waals surface area (Å²) in [6.45, 7) is 0.279. The van der Waals surface area contributed by atoms with Crippen molar-refractivity contribution in [3.05, 3.63) is 93.6 Å². The largest absolute Gasteiger partial charge is 0.491 e. The van der Waals surface area contributed by atoms with Crippen LogP contribution in [-0.2, 0) is 16.4 Å². The van der Waals surface area contributed by atoms with Crippen molar-refractivity contribution in [1.82, 2.24) is 4.57 Å². The number of hydrogen-bond donors (Lipinski definition) is 2. The first-order chi connectivity index (χ1) is 26.2. The number of benzene rings is 3. The van der Waals surface area contributed by atoms with Gasteiger partial charge in [-0.1, -0.05) is 41.9 Å². The van der Waals surface area contributed by atoms with Crippen molar-refractivity contribution in [3.63, 3.8) is 0 Å². The van der Waals surface area contributed by atoms with Gasteiger partial charge in [0.1, 0.15) is 11.8 Å². The lowest BCUT2D eigenvalue weighted by molar-refractivity contribution is 0.0957. The number of oxazole rings is 1. The third-order valence-electron chi connectivity index (χ3n) is 6.87. The van der Waals surface area contributed by atoms with Crippen LogP contribution in [0.1, 0.15) is 16.1 Å². The molecule has 1 aliphatic rings. The number of nitrogens with one attached hydrogen (secondary N) is 1. The smallest absolute Gasteiger partial charge is 0.427 e. The molecule has 0 fully saturated rings. The number of aromatic hydroxyl groups is 1. The summed E-state index contributed by atoms with van der Waals surface area (Å²) in [6, 6.07) is 16.7. The van der Waals surface area contributed by atoms with E-state index in [-0.39, 0.29) is 33.6 Å². The van der Waals surface area contributed by atoms with Gasteiger partial charge in [-0.05, 0) is 95.7 Å². The molecule has 54 heavy (non-hydrogen) atoms. The first kappa shape index (κ1) is 37.1. The predicted molar refractivity (Wildman–Crippen MR) is 202 cm³/mol. The summed E-state index contributed by atoms with van der Waals surface area (Å²) in [5.41, 5.74) is 1.26. The number of fused-ring (bicyclic) bond motifs is 1. The fourth-order valence-electron chi connectivity index (χ4n) is 4.61. The molecule has 0 unspecified atom stereocenters. The Morgan fingerprint density at radius 1 is 0.815 bits per heavy atom. The van der Waals surface area contributed by atoms with Crippen LogP contribution in [0.5, 0.6) is 11.6 Å². The number of ether oxygens (including phenoxy) is 1. The van der Waals surface area contributed by atoms with Crippen molar-refractivity contribution in [3.8, 4) is 125 Å². The van der Waals surface area contributed by atoms with E-state index in [9.17, 15) is 23.1 Å². The average Bonchev–Trinajstić information content (AvgIpc) is 3.73. The lowest BCUT2D eigenvalue weighted by Crippen LogP contribution is -2.28. The molecule has 12 heteroatoms. The maximum Gasteiger partial charge on any atom is 0.427 e. The van der Waals surface area contributed by atoms with Crippen LogP contribution in [-0.4, -0.2) is 30.5 Å². The van der Waals surface area contributed by atoms with E-state index in [4.69, 9.17) is 27.2 Å². The number of amides is 1. The van der Waals surface area contributed by atoms with E-state index in [1.165, 1.54) is 29.2 Å². The Morgan fingerprint density at radius 2 is 1.41 bits per heavy atom. The van der Waals surface area contributed by atoms with E-state index in [1.807, 2.05) is 12.1 Å². The normalized spacial score (nSPS) is 10.0. The number of anilines is 2. The van der Waals surface area contributed by atoms with E-state index in [0.29, 0.717) is 16.7 Å². The molecular weight excluding hydrogens is 726 g/mol. The topological polar surface area (TPSA) is 131 Å². The number of para-hydroxylation sites is 2. The van der Waals surface area contributed by atoms with Gasteiger partial charge in [-0.25, -0.2) is 17.8 Å². The highest BCUT2D eigenvalue weighted by Gasteiger charge is 2.33. The number of nitrogens with zero attached hydrogens (tertiary/aromatic N) is 2. The molecule has 10 nitrogen and oxygen atoms in total. The molecule has 2 N–H and O–H groups in total. The second-order valence-electron chi connectivity index (χ2n) is 10.1. The second kappa shape index (κ2) is 17.7. The molecule has 4 aromatic rings. The van der Waals surface area contributed by atoms with Crippen molar-refractivity contribution in [2.24, 2.45) is 0 Å². The van der Waals surface area contributed by atoms with Crippen LogP contribution in [0.2, 0.25) is 5.02 Å². The summed E-state index contributed by atoms with van der Waals surface area (Å²) in [6.07, 6.45) is 7.83. The molecule has 0 saturated carbocycles. The van der Waals surface area contributed by atoms with Gasteiger partial charge in [-0.15, -0.1) is 6.42 Å². The van der Waals surface area contributed by atoms with Gasteiger partial charge in [0.2, 0.25) is 0 Å². The number of rotatable bonds is 6. The minimum absolute atomic E-state index is 0.0916. The van der Waals surface area contributed by atoms with Gasteiger partial charge in [-0.2, -0.15) is 0 Å². The molecular formula is C42H18ClN3O7S. The molecule has 1 aromatic heterocycles. The Bertz CT molecular complexity index is 2950. The van der Waals surface area contributed by atoms with E-state index in [2.05, 4.69) is 106 Å². The maximum atomic E-state index is 13.5. The highest BCUT2D eigenvalue weighted by molar-refractivity contribution is 7.92. The van der Waals surface area contributed by atoms with Crippen molar-refractivity contribution in [2.75, 3.05) is 16.2 Å². The molecule has 0 saturated heterocycles. The maximum absolute atomic E-state index is 13.5. The van der Waals surface area contributed by atoms with Crippen molar-refractivity contribution in [1.29, 1.82) is 0 Å². The Kier molecular flexibility index (Phi) is 12.1. The number of carbonyl (C=O) groups excluding carboxylic acids is 1. The van der Waals surface area contributed by atoms with Crippen LogP contribution in [0.15, 0.2) is 80.8 Å². The van der Waals surface area contributed by atoms with Crippen LogP contribution in [0.25, 0.3) is 5.69 Å². The summed E-state index contributed by atoms with van der Waals surface area (Å²) in [4.78, 5) is 27.7. The Labute approximate surface area is 315 Å². The molecule has 0 spiro atoms. The molecule has 3 aromatic carbocycles. The van der Waals surface area contributed by atoms with Gasteiger partial charge in [-0.3, -0.25) is 9.52 Å². The van der Waals surface area contributed by atoms with Crippen LogP contribution in [0, 0.1) is 107 Å². The fraction of sp³-hybridized carbons (Fsp3) is 0.0476. The summed E-state index contributed by atoms with van der Waals surface area (Å²) in [5.74, 6) is 34.9. The number of terminal acetylenes is 1. The number of carbonyl (C=O) groups is 1. The van der Waals surface area contributed by atoms with Crippen LogP contribution >= 0.6 is 11.6 Å². The van der Waals surface area contributed by atoms with E-state index in [0.717, 1.165) is 11.6 Å². The second-order valence-corrected chi connectivity index (χ2v) is 12.2. The van der Waals surface area contributed by atoms with Crippen molar-refractivity contribution in [2.45, 2.75) is 11.3 Å². The fourth-order valence-corrected chi connectivity index (χ4v) is 5.95. The van der Waals surface area contributed by atoms with E-state index in [1.54, 1.807) is 24.3 Å². The molecule has 1 amide bonds. The molecule has 5 rings (SSSR count). The monoisotopic (exact) mass is 743 g/mol. The third-order valence-corrected chi connectivity index (χ3v) is 8.57. The highest BCUT2D eigenvalue weighted by Crippen LogP contribution is 2.34. The summed E-state index contributed by atoms with van der Waals surface area (Å²) in [7, 11) is -4.32. The van der Waals surface area contributed by atoms with Crippen LogP contribution < -0.4 is 20.1 Å². The molecule has 0 aliphatic carbocycles. The van der Waals surface area contributed by atoms with E-state index < -0.39 is 33.3 Å². The van der Waals surface area contributed by atoms with Gasteiger partial charge in [0.25, 0.3) is 27.6 Å². The zero-order valence-electron chi connectivity index (χ0n) is 27.4. The lowest BCUT2D eigenvalue weighted by atomic mass is 10.2. The Morgan fingerprint density at radius 3 is 2.06 bits per heavy atom. The number of aromatic nitrogens is 1. The summed E-state index contributed by atoms with van der Waals surface area (Å²) in [5, 5.41) is 11.4. The quantitative estimate of drug-likeness (QED) is 0.288. The van der Waals surface area contributed by atoms with Crippen LogP contribution in [0.3, 0.4) is 0 Å².